The minimum atomic E-state index is -4.51. The average molecular weight is 313 g/mol. The summed E-state index contributed by atoms with van der Waals surface area (Å²) in [7, 11) is 0. The Balaban J connectivity index is 2.71. The van der Waals surface area contributed by atoms with Gasteiger partial charge in [0.1, 0.15) is 0 Å². The topological polar surface area (TPSA) is 40.5 Å². The van der Waals surface area contributed by atoms with Gasteiger partial charge in [-0.25, -0.2) is 4.79 Å². The van der Waals surface area contributed by atoms with Crippen molar-refractivity contribution in [3.63, 3.8) is 0 Å². The molecule has 1 heterocycles. The van der Waals surface area contributed by atoms with Gasteiger partial charge >= 0.3 is 12.1 Å². The number of nitrogens with zero attached hydrogens (tertiary/aromatic N) is 1. The maximum atomic E-state index is 12.8. The molecule has 0 amide bonds. The second-order valence-electron chi connectivity index (χ2n) is 4.34. The number of hydrogen-bond donors (Lipinski definition) is 1. The first-order chi connectivity index (χ1) is 9.79. The van der Waals surface area contributed by atoms with E-state index in [2.05, 4.69) is 17.2 Å². The molecule has 0 saturated heterocycles. The molecule has 2 rings (SSSR count). The van der Waals surface area contributed by atoms with Crippen LogP contribution >= 0.6 is 12.2 Å². The molecule has 0 atom stereocenters. The van der Waals surface area contributed by atoms with E-state index in [-0.39, 0.29) is 16.7 Å². The molecule has 0 fully saturated rings. The van der Waals surface area contributed by atoms with Crippen LogP contribution in [-0.4, -0.2) is 22.6 Å². The first kappa shape index (κ1) is 15.3. The molecule has 0 saturated carbocycles. The smallest absolute Gasteiger partial charge is 0.416 e. The van der Waals surface area contributed by atoms with E-state index in [4.69, 9.17) is 0 Å². The lowest BCUT2D eigenvalue weighted by Gasteiger charge is -2.28. The van der Waals surface area contributed by atoms with Crippen LogP contribution in [-0.2, 0) is 11.0 Å². The molecular weight excluding hydrogens is 303 g/mol. The van der Waals surface area contributed by atoms with Crippen molar-refractivity contribution in [1.29, 1.82) is 0 Å². The van der Waals surface area contributed by atoms with Crippen molar-refractivity contribution in [3.05, 3.63) is 41.1 Å². The number of aliphatic carboxylic acids is 1. The molecule has 1 aliphatic heterocycles. The highest BCUT2D eigenvalue weighted by Crippen LogP contribution is 2.39. The third-order valence-corrected chi connectivity index (χ3v) is 3.33. The normalized spacial score (nSPS) is 14.4. The summed E-state index contributed by atoms with van der Waals surface area (Å²) in [5.74, 6) is -1.26. The molecule has 3 nitrogen and oxygen atoms in total. The van der Waals surface area contributed by atoms with Crippen LogP contribution in [0.5, 0.6) is 0 Å². The number of carboxylic acids is 1. The number of carboxylic acid groups (broad SMARTS) is 1. The highest BCUT2D eigenvalue weighted by Gasteiger charge is 2.33. The highest BCUT2D eigenvalue weighted by atomic mass is 32.1. The number of rotatable bonds is 2. The van der Waals surface area contributed by atoms with Crippen LogP contribution in [0.2, 0.25) is 0 Å². The van der Waals surface area contributed by atoms with Crippen LogP contribution in [0, 0.1) is 0 Å². The Hall–Kier alpha value is -2.11. The molecular formula is C14H10F3NO2S. The zero-order valence-electron chi connectivity index (χ0n) is 10.9. The van der Waals surface area contributed by atoms with Gasteiger partial charge in [0.25, 0.3) is 0 Å². The number of fused-ring (bicyclic) bond motifs is 1. The second-order valence-corrected chi connectivity index (χ2v) is 4.54. The van der Waals surface area contributed by atoms with Crippen LogP contribution < -0.4 is 4.90 Å². The largest absolute Gasteiger partial charge is 0.478 e. The van der Waals surface area contributed by atoms with E-state index < -0.39 is 17.7 Å². The molecule has 0 aliphatic carbocycles. The summed E-state index contributed by atoms with van der Waals surface area (Å²) in [5.41, 5.74) is -0.432. The fourth-order valence-corrected chi connectivity index (χ4v) is 2.35. The molecule has 7 heteroatoms. The third kappa shape index (κ3) is 2.70. The maximum Gasteiger partial charge on any atom is 0.416 e. The van der Waals surface area contributed by atoms with Gasteiger partial charge < -0.3 is 10.0 Å². The Morgan fingerprint density at radius 1 is 1.43 bits per heavy atom. The van der Waals surface area contributed by atoms with Crippen molar-refractivity contribution in [2.24, 2.45) is 0 Å². The van der Waals surface area contributed by atoms with Crippen molar-refractivity contribution >= 4 is 34.5 Å². The zero-order chi connectivity index (χ0) is 15.8. The molecule has 1 aliphatic rings. The summed E-state index contributed by atoms with van der Waals surface area (Å²) in [6.45, 7) is 2.18. The van der Waals surface area contributed by atoms with Crippen LogP contribution in [0.15, 0.2) is 30.0 Å². The van der Waals surface area contributed by atoms with E-state index in [9.17, 15) is 23.1 Å². The number of anilines is 1. The molecule has 0 aromatic heterocycles. The summed E-state index contributed by atoms with van der Waals surface area (Å²) in [4.78, 5) is 12.8. The van der Waals surface area contributed by atoms with Crippen molar-refractivity contribution in [1.82, 2.24) is 0 Å². The quantitative estimate of drug-likeness (QED) is 0.849. The molecule has 0 radical (unpaired) electrons. The highest BCUT2D eigenvalue weighted by molar-refractivity contribution is 7.78. The summed E-state index contributed by atoms with van der Waals surface area (Å²) in [6.07, 6.45) is -3.16. The van der Waals surface area contributed by atoms with E-state index in [0.717, 1.165) is 12.1 Å². The van der Waals surface area contributed by atoms with Gasteiger partial charge in [-0.15, -0.1) is 0 Å². The van der Waals surface area contributed by atoms with Gasteiger partial charge in [-0.05, 0) is 42.4 Å². The number of benzene rings is 1. The van der Waals surface area contributed by atoms with Crippen LogP contribution in [0.4, 0.5) is 18.9 Å². The molecule has 0 bridgehead atoms. The van der Waals surface area contributed by atoms with Crippen molar-refractivity contribution in [2.75, 3.05) is 11.4 Å². The monoisotopic (exact) mass is 313 g/mol. The molecule has 1 aromatic rings. The van der Waals surface area contributed by atoms with Crippen LogP contribution in [0.25, 0.3) is 5.57 Å². The SMILES string of the molecule is CCN1C=C(C(=O)O)C(=C=S)c2cc(C(F)(F)F)ccc21. The van der Waals surface area contributed by atoms with E-state index in [1.54, 1.807) is 11.8 Å². The predicted molar refractivity (Wildman–Crippen MR) is 76.2 cm³/mol. The average Bonchev–Trinajstić information content (AvgIpc) is 2.43. The third-order valence-electron chi connectivity index (χ3n) is 3.13. The Kier molecular flexibility index (Phi) is 3.89. The summed E-state index contributed by atoms with van der Waals surface area (Å²) < 4.78 is 38.5. The van der Waals surface area contributed by atoms with Gasteiger partial charge in [-0.2, -0.15) is 13.2 Å². The fraction of sp³-hybridized carbons (Fsp3) is 0.214. The van der Waals surface area contributed by atoms with E-state index in [0.29, 0.717) is 12.2 Å². The van der Waals surface area contributed by atoms with Crippen molar-refractivity contribution < 1.29 is 23.1 Å². The number of halogens is 3. The minimum absolute atomic E-state index is 0.0108. The zero-order valence-corrected chi connectivity index (χ0v) is 11.7. The van der Waals surface area contributed by atoms with Crippen LogP contribution in [0.3, 0.4) is 0 Å². The number of alkyl halides is 3. The van der Waals surface area contributed by atoms with Crippen LogP contribution in [0.1, 0.15) is 18.1 Å². The summed E-state index contributed by atoms with van der Waals surface area (Å²) in [5, 5.41) is 11.5. The van der Waals surface area contributed by atoms with Gasteiger partial charge in [0.05, 0.1) is 16.7 Å². The van der Waals surface area contributed by atoms with Gasteiger partial charge in [0, 0.05) is 24.0 Å². The minimum Gasteiger partial charge on any atom is -0.478 e. The molecule has 21 heavy (non-hydrogen) atoms. The van der Waals surface area contributed by atoms with Gasteiger partial charge in [0.2, 0.25) is 0 Å². The fourth-order valence-electron chi connectivity index (χ4n) is 2.13. The first-order valence-corrected chi connectivity index (χ1v) is 6.39. The lowest BCUT2D eigenvalue weighted by molar-refractivity contribution is -0.137. The Morgan fingerprint density at radius 2 is 2.10 bits per heavy atom. The number of hydrogen-bond acceptors (Lipinski definition) is 3. The molecule has 0 unspecified atom stereocenters. The van der Waals surface area contributed by atoms with E-state index >= 15 is 0 Å². The van der Waals surface area contributed by atoms with Crippen molar-refractivity contribution in [2.45, 2.75) is 13.1 Å². The standard InChI is InChI=1S/C14H10F3NO2S/c1-2-18-6-10(13(19)20)11(7-21)9-5-8(14(15,16)17)3-4-12(9)18/h3-6H,2H2,1H3,(H,19,20). The predicted octanol–water partition coefficient (Wildman–Crippen LogP) is 3.50. The Bertz CT molecular complexity index is 688. The number of thiocarbonyl (C=S) groups is 1. The van der Waals surface area contributed by atoms with Gasteiger partial charge in [0.15, 0.2) is 0 Å². The second kappa shape index (κ2) is 5.35. The molecule has 110 valence electrons. The van der Waals surface area contributed by atoms with Gasteiger partial charge in [-0.3, -0.25) is 0 Å². The lowest BCUT2D eigenvalue weighted by atomic mass is 9.93. The molecule has 1 N–H and O–H groups in total. The van der Waals surface area contributed by atoms with Crippen molar-refractivity contribution in [3.8, 4) is 0 Å². The van der Waals surface area contributed by atoms with E-state index in [1.165, 1.54) is 12.3 Å². The first-order valence-electron chi connectivity index (χ1n) is 5.98. The molecule has 0 spiro atoms. The Labute approximate surface area is 124 Å². The van der Waals surface area contributed by atoms with E-state index in [1.807, 2.05) is 0 Å². The summed E-state index contributed by atoms with van der Waals surface area (Å²) >= 11 is 4.67. The lowest BCUT2D eigenvalue weighted by Crippen LogP contribution is -2.24. The molecule has 1 aromatic carbocycles. The summed E-state index contributed by atoms with van der Waals surface area (Å²) in [6, 6.07) is 3.17. The van der Waals surface area contributed by atoms with Gasteiger partial charge in [-0.1, -0.05) is 0 Å². The maximum absolute atomic E-state index is 12.8. The Morgan fingerprint density at radius 3 is 2.57 bits per heavy atom. The number of carbonyl (C=O) groups is 1.